The molecule has 0 bridgehead atoms. The Bertz CT molecular complexity index is 609. The Hall–Kier alpha value is -2.02. The van der Waals surface area contributed by atoms with Crippen molar-refractivity contribution in [2.45, 2.75) is 40.5 Å². The summed E-state index contributed by atoms with van der Waals surface area (Å²) in [6.45, 7) is 11.0. The van der Waals surface area contributed by atoms with Gasteiger partial charge in [-0.3, -0.25) is 19.3 Å². The van der Waals surface area contributed by atoms with E-state index in [4.69, 9.17) is 9.47 Å². The van der Waals surface area contributed by atoms with Gasteiger partial charge in [-0.2, -0.15) is 0 Å². The minimum Gasteiger partial charge on any atom is -0.464 e. The van der Waals surface area contributed by atoms with Crippen LogP contribution in [0.1, 0.15) is 40.5 Å². The van der Waals surface area contributed by atoms with Gasteiger partial charge in [0.25, 0.3) is 0 Å². The number of carbonyl (C=O) groups is 4. The van der Waals surface area contributed by atoms with Crippen LogP contribution in [0.2, 0.25) is 0 Å². The summed E-state index contributed by atoms with van der Waals surface area (Å²) in [6.07, 6.45) is 0.607. The first-order valence-electron chi connectivity index (χ1n) is 8.71. The van der Waals surface area contributed by atoms with Crippen molar-refractivity contribution in [2.75, 3.05) is 33.4 Å². The summed E-state index contributed by atoms with van der Waals surface area (Å²) >= 11 is 0. The molecule has 1 saturated carbocycles. The highest BCUT2D eigenvalue weighted by atomic mass is 16.5. The molecule has 0 aromatic carbocycles. The lowest BCUT2D eigenvalue weighted by molar-refractivity contribution is -0.155. The van der Waals surface area contributed by atoms with Gasteiger partial charge < -0.3 is 9.47 Å². The van der Waals surface area contributed by atoms with Crippen LogP contribution in [-0.4, -0.2) is 61.8 Å². The SMILES string of the molecule is C=C(C)C(=O)OCCN(C)CC(=O)OCC1(CC)C(=O)C(=O)CC1(C)C. The van der Waals surface area contributed by atoms with Crippen LogP contribution in [0.15, 0.2) is 12.2 Å². The Morgan fingerprint density at radius 2 is 1.85 bits per heavy atom. The summed E-state index contributed by atoms with van der Waals surface area (Å²) in [7, 11) is 1.69. The number of nitrogens with zero attached hydrogens (tertiary/aromatic N) is 1. The molecule has 1 fully saturated rings. The molecule has 0 saturated heterocycles. The topological polar surface area (TPSA) is 90.0 Å². The quantitative estimate of drug-likeness (QED) is 0.347. The van der Waals surface area contributed by atoms with Crippen LogP contribution in [0.3, 0.4) is 0 Å². The lowest BCUT2D eigenvalue weighted by Gasteiger charge is -2.37. The molecule has 0 spiro atoms. The summed E-state index contributed by atoms with van der Waals surface area (Å²) in [5.41, 5.74) is -1.19. The molecule has 0 heterocycles. The molecule has 146 valence electrons. The van der Waals surface area contributed by atoms with Crippen LogP contribution in [0, 0.1) is 10.8 Å². The normalized spacial score (nSPS) is 21.8. The second-order valence-corrected chi connectivity index (χ2v) is 7.56. The molecule has 0 radical (unpaired) electrons. The van der Waals surface area contributed by atoms with Crippen LogP contribution < -0.4 is 0 Å². The van der Waals surface area contributed by atoms with Crippen LogP contribution >= 0.6 is 0 Å². The lowest BCUT2D eigenvalue weighted by Crippen LogP contribution is -2.44. The van der Waals surface area contributed by atoms with Crippen molar-refractivity contribution in [1.82, 2.24) is 4.90 Å². The zero-order valence-electron chi connectivity index (χ0n) is 16.3. The van der Waals surface area contributed by atoms with E-state index >= 15 is 0 Å². The molecule has 0 aromatic rings. The Balaban J connectivity index is 2.52. The first kappa shape index (κ1) is 22.0. The van der Waals surface area contributed by atoms with Gasteiger partial charge in [-0.15, -0.1) is 0 Å². The third-order valence-corrected chi connectivity index (χ3v) is 5.12. The molecule has 1 aliphatic carbocycles. The van der Waals surface area contributed by atoms with Crippen molar-refractivity contribution in [3.05, 3.63) is 12.2 Å². The standard InChI is InChI=1S/C19H29NO6/c1-7-19(16(23)14(21)10-18(19,4)5)12-26-15(22)11-20(6)8-9-25-17(24)13(2)3/h2,7-12H2,1,3-6H3. The maximum Gasteiger partial charge on any atom is 0.333 e. The minimum absolute atomic E-state index is 0.00696. The Kier molecular flexibility index (Phi) is 7.26. The predicted molar refractivity (Wildman–Crippen MR) is 95.4 cm³/mol. The molecule has 0 aliphatic heterocycles. The third kappa shape index (κ3) is 4.78. The molecular formula is C19H29NO6. The van der Waals surface area contributed by atoms with E-state index in [-0.39, 0.29) is 26.2 Å². The van der Waals surface area contributed by atoms with Crippen LogP contribution in [-0.2, 0) is 28.7 Å². The van der Waals surface area contributed by atoms with Gasteiger partial charge in [0, 0.05) is 18.5 Å². The number of hydrogen-bond donors (Lipinski definition) is 0. The Morgan fingerprint density at radius 1 is 1.23 bits per heavy atom. The lowest BCUT2D eigenvalue weighted by atomic mass is 9.66. The van der Waals surface area contributed by atoms with Crippen molar-refractivity contribution in [3.8, 4) is 0 Å². The summed E-state index contributed by atoms with van der Waals surface area (Å²) in [4.78, 5) is 49.3. The first-order valence-corrected chi connectivity index (χ1v) is 8.71. The fourth-order valence-electron chi connectivity index (χ4n) is 3.19. The van der Waals surface area contributed by atoms with Crippen LogP contribution in [0.5, 0.6) is 0 Å². The summed E-state index contributed by atoms with van der Waals surface area (Å²) < 4.78 is 10.3. The van der Waals surface area contributed by atoms with Crippen LogP contribution in [0.25, 0.3) is 0 Å². The van der Waals surface area contributed by atoms with E-state index in [9.17, 15) is 19.2 Å². The smallest absolute Gasteiger partial charge is 0.333 e. The van der Waals surface area contributed by atoms with Gasteiger partial charge in [0.1, 0.15) is 13.2 Å². The van der Waals surface area contributed by atoms with E-state index < -0.39 is 34.3 Å². The maximum absolute atomic E-state index is 12.4. The van der Waals surface area contributed by atoms with Crippen molar-refractivity contribution >= 4 is 23.5 Å². The molecule has 1 aliphatic rings. The van der Waals surface area contributed by atoms with Gasteiger partial charge in [0.05, 0.1) is 12.0 Å². The third-order valence-electron chi connectivity index (χ3n) is 5.12. The second kappa shape index (κ2) is 8.58. The van der Waals surface area contributed by atoms with E-state index in [1.165, 1.54) is 0 Å². The van der Waals surface area contributed by atoms with Gasteiger partial charge in [0.15, 0.2) is 5.78 Å². The number of rotatable bonds is 9. The Morgan fingerprint density at radius 3 is 2.31 bits per heavy atom. The van der Waals surface area contributed by atoms with Gasteiger partial charge in [-0.25, -0.2) is 4.79 Å². The summed E-state index contributed by atoms with van der Waals surface area (Å²) in [6, 6.07) is 0. The number of ether oxygens (including phenoxy) is 2. The largest absolute Gasteiger partial charge is 0.464 e. The fraction of sp³-hybridized carbons (Fsp3) is 0.684. The molecule has 0 aromatic heterocycles. The van der Waals surface area contributed by atoms with Gasteiger partial charge in [0.2, 0.25) is 5.78 Å². The first-order chi connectivity index (χ1) is 12.0. The number of ketones is 2. The molecule has 7 heteroatoms. The van der Waals surface area contributed by atoms with E-state index in [1.54, 1.807) is 18.9 Å². The molecule has 26 heavy (non-hydrogen) atoms. The van der Waals surface area contributed by atoms with E-state index in [1.807, 2.05) is 20.8 Å². The van der Waals surface area contributed by atoms with Gasteiger partial charge in [-0.05, 0) is 25.8 Å². The van der Waals surface area contributed by atoms with Crippen LogP contribution in [0.4, 0.5) is 0 Å². The highest BCUT2D eigenvalue weighted by Crippen LogP contribution is 2.51. The highest BCUT2D eigenvalue weighted by molar-refractivity contribution is 6.41. The van der Waals surface area contributed by atoms with Gasteiger partial charge >= 0.3 is 11.9 Å². The van der Waals surface area contributed by atoms with E-state index in [2.05, 4.69) is 6.58 Å². The second-order valence-electron chi connectivity index (χ2n) is 7.56. The van der Waals surface area contributed by atoms with E-state index in [0.29, 0.717) is 18.5 Å². The zero-order valence-corrected chi connectivity index (χ0v) is 16.3. The number of Topliss-reactive ketones (excluding diaryl/α,β-unsaturated/α-hetero) is 2. The average molecular weight is 367 g/mol. The molecule has 7 nitrogen and oxygen atoms in total. The number of esters is 2. The fourth-order valence-corrected chi connectivity index (χ4v) is 3.19. The van der Waals surface area contributed by atoms with Crippen molar-refractivity contribution in [2.24, 2.45) is 10.8 Å². The molecule has 0 amide bonds. The van der Waals surface area contributed by atoms with Gasteiger partial charge in [-0.1, -0.05) is 27.4 Å². The average Bonchev–Trinajstić information content (AvgIpc) is 2.70. The summed E-state index contributed by atoms with van der Waals surface area (Å²) in [5.74, 6) is -1.81. The van der Waals surface area contributed by atoms with Crippen molar-refractivity contribution in [1.29, 1.82) is 0 Å². The molecular weight excluding hydrogens is 338 g/mol. The van der Waals surface area contributed by atoms with E-state index in [0.717, 1.165) is 0 Å². The van der Waals surface area contributed by atoms with Crippen molar-refractivity contribution in [3.63, 3.8) is 0 Å². The monoisotopic (exact) mass is 367 g/mol. The minimum atomic E-state index is -0.963. The number of hydrogen-bond acceptors (Lipinski definition) is 7. The maximum atomic E-state index is 12.4. The summed E-state index contributed by atoms with van der Waals surface area (Å²) in [5, 5.41) is 0. The van der Waals surface area contributed by atoms with Crippen molar-refractivity contribution < 1.29 is 28.7 Å². The molecule has 1 rings (SSSR count). The predicted octanol–water partition coefficient (Wildman–Crippen LogP) is 1.55. The number of likely N-dealkylation sites (N-methyl/N-ethyl adjacent to an activating group) is 1. The molecule has 0 N–H and O–H groups in total. The molecule has 1 atom stereocenters. The zero-order chi connectivity index (χ0) is 20.1. The highest BCUT2D eigenvalue weighted by Gasteiger charge is 2.59. The Labute approximate surface area is 154 Å². The number of carbonyl (C=O) groups excluding carboxylic acids is 4. The molecule has 1 unspecified atom stereocenters.